The molecular formula is C15H23N3O2. The highest BCUT2D eigenvalue weighted by atomic mass is 16.3. The quantitative estimate of drug-likeness (QED) is 0.733. The summed E-state index contributed by atoms with van der Waals surface area (Å²) in [4.78, 5) is 13.5. The molecule has 1 aliphatic rings. The first-order chi connectivity index (χ1) is 9.30. The summed E-state index contributed by atoms with van der Waals surface area (Å²) in [5, 5.41) is 12.9. The lowest BCUT2D eigenvalue weighted by Crippen LogP contribution is -2.39. The van der Waals surface area contributed by atoms with Crippen LogP contribution in [-0.2, 0) is 11.2 Å². The molecule has 0 unspecified atom stereocenters. The summed E-state index contributed by atoms with van der Waals surface area (Å²) < 4.78 is 0. The topological polar surface area (TPSA) is 78.6 Å². The first-order valence-electron chi connectivity index (χ1n) is 6.99. The molecule has 2 rings (SSSR count). The molecule has 4 N–H and O–H groups in total. The van der Waals surface area contributed by atoms with E-state index in [9.17, 15) is 9.90 Å². The molecule has 0 radical (unpaired) electrons. The highest BCUT2D eigenvalue weighted by Gasteiger charge is 2.22. The van der Waals surface area contributed by atoms with Crippen LogP contribution in [0.4, 0.5) is 17.1 Å². The minimum absolute atomic E-state index is 0.0405. The number of nitrogens with one attached hydrogen (secondary N) is 1. The second kappa shape index (κ2) is 5.32. The van der Waals surface area contributed by atoms with Gasteiger partial charge in [-0.1, -0.05) is 0 Å². The van der Waals surface area contributed by atoms with Crippen molar-refractivity contribution in [2.24, 2.45) is 0 Å². The van der Waals surface area contributed by atoms with Gasteiger partial charge in [-0.25, -0.2) is 0 Å². The zero-order chi connectivity index (χ0) is 14.9. The van der Waals surface area contributed by atoms with Crippen LogP contribution >= 0.6 is 0 Å². The van der Waals surface area contributed by atoms with E-state index >= 15 is 0 Å². The van der Waals surface area contributed by atoms with Crippen LogP contribution < -0.4 is 16.0 Å². The molecule has 0 aromatic heterocycles. The molecule has 0 spiro atoms. The van der Waals surface area contributed by atoms with Gasteiger partial charge in [-0.3, -0.25) is 4.79 Å². The van der Waals surface area contributed by atoms with Crippen LogP contribution in [0, 0.1) is 0 Å². The summed E-state index contributed by atoms with van der Waals surface area (Å²) in [7, 11) is 0. The molecule has 1 aromatic rings. The van der Waals surface area contributed by atoms with Crippen LogP contribution in [0.3, 0.4) is 0 Å². The summed E-state index contributed by atoms with van der Waals surface area (Å²) in [5.74, 6) is 0.0405. The lowest BCUT2D eigenvalue weighted by atomic mass is 10.0. The number of nitrogens with zero attached hydrogens (tertiary/aromatic N) is 1. The molecule has 1 aromatic carbocycles. The number of aliphatic hydroxyl groups is 1. The maximum absolute atomic E-state index is 11.5. The van der Waals surface area contributed by atoms with Gasteiger partial charge in [0.1, 0.15) is 0 Å². The lowest BCUT2D eigenvalue weighted by molar-refractivity contribution is -0.116. The van der Waals surface area contributed by atoms with Crippen LogP contribution in [0.5, 0.6) is 0 Å². The second-order valence-electron chi connectivity index (χ2n) is 5.94. The van der Waals surface area contributed by atoms with Gasteiger partial charge < -0.3 is 21.1 Å². The third-order valence-corrected chi connectivity index (χ3v) is 3.45. The smallest absolute Gasteiger partial charge is 0.224 e. The van der Waals surface area contributed by atoms with Crippen molar-refractivity contribution in [3.8, 4) is 0 Å². The largest absolute Gasteiger partial charge is 0.397 e. The van der Waals surface area contributed by atoms with Crippen LogP contribution in [-0.4, -0.2) is 29.7 Å². The highest BCUT2D eigenvalue weighted by molar-refractivity contribution is 5.95. The van der Waals surface area contributed by atoms with E-state index in [2.05, 4.69) is 5.32 Å². The van der Waals surface area contributed by atoms with E-state index in [1.807, 2.05) is 24.0 Å². The van der Waals surface area contributed by atoms with E-state index in [0.29, 0.717) is 18.7 Å². The Kier molecular flexibility index (Phi) is 3.90. The fourth-order valence-corrected chi connectivity index (χ4v) is 2.54. The van der Waals surface area contributed by atoms with Crippen LogP contribution in [0.2, 0.25) is 0 Å². The number of amides is 1. The second-order valence-corrected chi connectivity index (χ2v) is 5.94. The van der Waals surface area contributed by atoms with E-state index in [1.165, 1.54) is 0 Å². The Morgan fingerprint density at radius 1 is 1.40 bits per heavy atom. The van der Waals surface area contributed by atoms with Crippen molar-refractivity contribution in [2.45, 2.75) is 39.2 Å². The number of hydrogen-bond acceptors (Lipinski definition) is 4. The predicted molar refractivity (Wildman–Crippen MR) is 82.0 cm³/mol. The van der Waals surface area contributed by atoms with Gasteiger partial charge in [0.2, 0.25) is 5.91 Å². The summed E-state index contributed by atoms with van der Waals surface area (Å²) in [5.41, 5.74) is 8.78. The third kappa shape index (κ3) is 3.22. The maximum Gasteiger partial charge on any atom is 0.224 e. The summed E-state index contributed by atoms with van der Waals surface area (Å²) in [6.07, 6.45) is 1.23. The Hall–Kier alpha value is -1.75. The number of anilines is 3. The first kappa shape index (κ1) is 14.7. The van der Waals surface area contributed by atoms with E-state index in [1.54, 1.807) is 13.8 Å². The van der Waals surface area contributed by atoms with Crippen molar-refractivity contribution < 1.29 is 9.90 Å². The SMILES string of the molecule is CCN(CC(C)(C)O)c1cc2c(cc1N)CCC(=O)N2. The zero-order valence-electron chi connectivity index (χ0n) is 12.4. The minimum Gasteiger partial charge on any atom is -0.397 e. The fourth-order valence-electron chi connectivity index (χ4n) is 2.54. The Morgan fingerprint density at radius 3 is 2.70 bits per heavy atom. The Labute approximate surface area is 119 Å². The maximum atomic E-state index is 11.5. The molecule has 5 heteroatoms. The molecule has 1 aliphatic heterocycles. The number of carbonyl (C=O) groups is 1. The third-order valence-electron chi connectivity index (χ3n) is 3.45. The number of fused-ring (bicyclic) bond motifs is 1. The number of nitrogen functional groups attached to an aromatic ring is 1. The normalized spacial score (nSPS) is 14.7. The lowest BCUT2D eigenvalue weighted by Gasteiger charge is -2.32. The van der Waals surface area contributed by atoms with Crippen LogP contribution in [0.25, 0.3) is 0 Å². The van der Waals surface area contributed by atoms with Gasteiger partial charge in [0.15, 0.2) is 0 Å². The van der Waals surface area contributed by atoms with E-state index in [-0.39, 0.29) is 5.91 Å². The molecule has 20 heavy (non-hydrogen) atoms. The number of carbonyl (C=O) groups excluding carboxylic acids is 1. The van der Waals surface area contributed by atoms with Gasteiger partial charge in [0, 0.05) is 25.2 Å². The van der Waals surface area contributed by atoms with Crippen molar-refractivity contribution in [3.63, 3.8) is 0 Å². The van der Waals surface area contributed by atoms with Gasteiger partial charge in [-0.05, 0) is 44.9 Å². The van der Waals surface area contributed by atoms with Gasteiger partial charge >= 0.3 is 0 Å². The molecule has 5 nitrogen and oxygen atoms in total. The summed E-state index contributed by atoms with van der Waals surface area (Å²) in [6.45, 7) is 6.78. The van der Waals surface area contributed by atoms with E-state index < -0.39 is 5.60 Å². The average Bonchev–Trinajstić information content (AvgIpc) is 2.35. The minimum atomic E-state index is -0.804. The molecule has 0 aliphatic carbocycles. The standard InChI is InChI=1S/C15H23N3O2/c1-4-18(9-15(2,3)20)13-8-12-10(7-11(13)16)5-6-14(19)17-12/h7-8,20H,4-6,9,16H2,1-3H3,(H,17,19). The first-order valence-corrected chi connectivity index (χ1v) is 6.99. The predicted octanol–water partition coefficient (Wildman–Crippen LogP) is 1.75. The van der Waals surface area contributed by atoms with Crippen molar-refractivity contribution in [1.29, 1.82) is 0 Å². The van der Waals surface area contributed by atoms with Crippen molar-refractivity contribution in [1.82, 2.24) is 0 Å². The molecule has 0 saturated carbocycles. The van der Waals surface area contributed by atoms with Gasteiger partial charge in [-0.15, -0.1) is 0 Å². The number of likely N-dealkylation sites (N-methyl/N-ethyl adjacent to an activating group) is 1. The molecule has 1 heterocycles. The summed E-state index contributed by atoms with van der Waals surface area (Å²) >= 11 is 0. The molecule has 0 atom stereocenters. The van der Waals surface area contributed by atoms with Crippen molar-refractivity contribution in [3.05, 3.63) is 17.7 Å². The monoisotopic (exact) mass is 277 g/mol. The average molecular weight is 277 g/mol. The number of benzene rings is 1. The van der Waals surface area contributed by atoms with Crippen LogP contribution in [0.1, 0.15) is 32.8 Å². The van der Waals surface area contributed by atoms with Crippen molar-refractivity contribution in [2.75, 3.05) is 29.0 Å². The van der Waals surface area contributed by atoms with Gasteiger partial charge in [-0.2, -0.15) is 0 Å². The fraction of sp³-hybridized carbons (Fsp3) is 0.533. The molecule has 1 amide bonds. The molecule has 110 valence electrons. The van der Waals surface area contributed by atoms with E-state index in [0.717, 1.165) is 29.9 Å². The van der Waals surface area contributed by atoms with Crippen molar-refractivity contribution >= 4 is 23.0 Å². The summed E-state index contributed by atoms with van der Waals surface area (Å²) in [6, 6.07) is 3.84. The highest BCUT2D eigenvalue weighted by Crippen LogP contribution is 2.33. The number of hydrogen-bond donors (Lipinski definition) is 3. The van der Waals surface area contributed by atoms with Gasteiger partial charge in [0.25, 0.3) is 0 Å². The van der Waals surface area contributed by atoms with Crippen LogP contribution in [0.15, 0.2) is 12.1 Å². The molecule has 0 bridgehead atoms. The molecule has 0 fully saturated rings. The number of aryl methyl sites for hydroxylation is 1. The number of nitrogens with two attached hydrogens (primary N) is 1. The Bertz CT molecular complexity index is 521. The Balaban J connectivity index is 2.35. The van der Waals surface area contributed by atoms with E-state index in [4.69, 9.17) is 5.73 Å². The Morgan fingerprint density at radius 2 is 2.10 bits per heavy atom. The zero-order valence-corrected chi connectivity index (χ0v) is 12.4. The number of rotatable bonds is 4. The molecule has 0 saturated heterocycles. The molecular weight excluding hydrogens is 254 g/mol. The van der Waals surface area contributed by atoms with Gasteiger partial charge in [0.05, 0.1) is 17.0 Å².